The van der Waals surface area contributed by atoms with Gasteiger partial charge in [0, 0.05) is 18.2 Å². The van der Waals surface area contributed by atoms with Gasteiger partial charge in [-0.05, 0) is 18.2 Å². The Bertz CT molecular complexity index is 734. The van der Waals surface area contributed by atoms with Crippen LogP contribution in [-0.2, 0) is 20.9 Å². The Morgan fingerprint density at radius 3 is 2.79 bits per heavy atom. The number of amides is 1. The van der Waals surface area contributed by atoms with Gasteiger partial charge < -0.3 is 14.1 Å². The molecule has 1 aliphatic rings. The summed E-state index contributed by atoms with van der Waals surface area (Å²) in [6.07, 6.45) is 1.53. The molecule has 126 valence electrons. The van der Waals surface area contributed by atoms with Gasteiger partial charge in [-0.15, -0.1) is 11.8 Å². The second-order valence-corrected chi connectivity index (χ2v) is 6.46. The first-order valence-electron chi connectivity index (χ1n) is 7.42. The summed E-state index contributed by atoms with van der Waals surface area (Å²) in [4.78, 5) is 25.8. The summed E-state index contributed by atoms with van der Waals surface area (Å²) < 4.78 is 24.2. The highest BCUT2D eigenvalue weighted by molar-refractivity contribution is 7.99. The number of esters is 1. The number of carbonyl (C=O) groups excluding carboxylic acids is 2. The van der Waals surface area contributed by atoms with Gasteiger partial charge in [-0.2, -0.15) is 0 Å². The van der Waals surface area contributed by atoms with E-state index in [4.69, 9.17) is 9.15 Å². The van der Waals surface area contributed by atoms with E-state index in [-0.39, 0.29) is 17.9 Å². The molecule has 1 aromatic heterocycles. The molecule has 0 N–H and O–H groups in total. The maximum atomic E-state index is 13.6. The number of thioether (sulfide) groups is 1. The number of halogens is 1. The molecule has 0 radical (unpaired) electrons. The Morgan fingerprint density at radius 1 is 1.33 bits per heavy atom. The van der Waals surface area contributed by atoms with Crippen molar-refractivity contribution in [2.75, 3.05) is 5.75 Å². The Hall–Kier alpha value is -2.28. The molecule has 2 aromatic rings. The Morgan fingerprint density at radius 2 is 2.12 bits per heavy atom. The van der Waals surface area contributed by atoms with E-state index in [1.807, 2.05) is 0 Å². The zero-order valence-electron chi connectivity index (χ0n) is 13.0. The Kier molecular flexibility index (Phi) is 4.89. The van der Waals surface area contributed by atoms with Crippen LogP contribution in [0.1, 0.15) is 23.6 Å². The molecular formula is C17H16FNO4S. The van der Waals surface area contributed by atoms with Gasteiger partial charge in [-0.1, -0.05) is 18.2 Å². The van der Waals surface area contributed by atoms with Gasteiger partial charge in [-0.25, -0.2) is 9.18 Å². The second kappa shape index (κ2) is 7.09. The van der Waals surface area contributed by atoms with Crippen LogP contribution < -0.4 is 0 Å². The SMILES string of the molecule is CC(=O)N1[C@@H](c2ccco2)SC[C@H]1C(=O)OCc1ccccc1F. The van der Waals surface area contributed by atoms with Gasteiger partial charge in [0.2, 0.25) is 5.91 Å². The third kappa shape index (κ3) is 3.31. The average Bonchev–Trinajstić information content (AvgIpc) is 3.22. The van der Waals surface area contributed by atoms with Gasteiger partial charge in [0.15, 0.2) is 0 Å². The highest BCUT2D eigenvalue weighted by atomic mass is 32.2. The highest BCUT2D eigenvalue weighted by Gasteiger charge is 2.43. The molecule has 1 amide bonds. The van der Waals surface area contributed by atoms with Crippen LogP contribution >= 0.6 is 11.8 Å². The normalized spacial score (nSPS) is 20.2. The van der Waals surface area contributed by atoms with E-state index in [9.17, 15) is 14.0 Å². The number of hydrogen-bond acceptors (Lipinski definition) is 5. The molecule has 5 nitrogen and oxygen atoms in total. The zero-order valence-corrected chi connectivity index (χ0v) is 13.8. The van der Waals surface area contributed by atoms with Crippen LogP contribution in [0.25, 0.3) is 0 Å². The maximum absolute atomic E-state index is 13.6. The number of carbonyl (C=O) groups is 2. The number of benzene rings is 1. The van der Waals surface area contributed by atoms with E-state index in [1.54, 1.807) is 30.3 Å². The van der Waals surface area contributed by atoms with Crippen molar-refractivity contribution in [2.24, 2.45) is 0 Å². The summed E-state index contributed by atoms with van der Waals surface area (Å²) in [6, 6.07) is 8.89. The molecule has 7 heteroatoms. The lowest BCUT2D eigenvalue weighted by atomic mass is 10.2. The number of hydrogen-bond donors (Lipinski definition) is 0. The zero-order chi connectivity index (χ0) is 17.1. The molecular weight excluding hydrogens is 333 g/mol. The van der Waals surface area contributed by atoms with Gasteiger partial charge >= 0.3 is 5.97 Å². The first-order chi connectivity index (χ1) is 11.6. The van der Waals surface area contributed by atoms with Gasteiger partial charge in [-0.3, -0.25) is 4.79 Å². The predicted octanol–water partition coefficient (Wildman–Crippen LogP) is 3.12. The van der Waals surface area contributed by atoms with Crippen LogP contribution in [0.5, 0.6) is 0 Å². The third-order valence-corrected chi connectivity index (χ3v) is 5.03. The molecule has 0 spiro atoms. The Balaban J connectivity index is 1.70. The van der Waals surface area contributed by atoms with Crippen molar-refractivity contribution in [3.63, 3.8) is 0 Å². The fourth-order valence-corrected chi connectivity index (χ4v) is 4.00. The molecule has 1 aromatic carbocycles. The van der Waals surface area contributed by atoms with Gasteiger partial charge in [0.25, 0.3) is 0 Å². The van der Waals surface area contributed by atoms with Crippen LogP contribution in [0.15, 0.2) is 47.1 Å². The molecule has 3 rings (SSSR count). The van der Waals surface area contributed by atoms with E-state index in [2.05, 4.69) is 0 Å². The summed E-state index contributed by atoms with van der Waals surface area (Å²) in [6.45, 7) is 1.24. The average molecular weight is 349 g/mol. The third-order valence-electron chi connectivity index (χ3n) is 3.75. The summed E-state index contributed by atoms with van der Waals surface area (Å²) >= 11 is 1.43. The van der Waals surface area contributed by atoms with Crippen molar-refractivity contribution in [2.45, 2.75) is 24.9 Å². The van der Waals surface area contributed by atoms with Crippen molar-refractivity contribution >= 4 is 23.6 Å². The quantitative estimate of drug-likeness (QED) is 0.794. The fourth-order valence-electron chi connectivity index (χ4n) is 2.58. The summed E-state index contributed by atoms with van der Waals surface area (Å²) in [5.74, 6) is -0.201. The molecule has 1 saturated heterocycles. The monoisotopic (exact) mass is 349 g/mol. The standard InChI is InChI=1S/C17H16FNO4S/c1-11(20)19-14(10-24-16(19)15-7-4-8-22-15)17(21)23-9-12-5-2-3-6-13(12)18/h2-8,14,16H,9-10H2,1H3/t14-,16+/m0/s1. The summed E-state index contributed by atoms with van der Waals surface area (Å²) in [5.41, 5.74) is 0.299. The number of nitrogens with zero attached hydrogens (tertiary/aromatic N) is 1. The van der Waals surface area contributed by atoms with Crippen molar-refractivity contribution in [3.8, 4) is 0 Å². The summed E-state index contributed by atoms with van der Waals surface area (Å²) in [7, 11) is 0. The maximum Gasteiger partial charge on any atom is 0.330 e. The van der Waals surface area contributed by atoms with E-state index < -0.39 is 17.8 Å². The van der Waals surface area contributed by atoms with Crippen LogP contribution in [-0.4, -0.2) is 28.6 Å². The first kappa shape index (κ1) is 16.6. The van der Waals surface area contributed by atoms with Crippen molar-refractivity contribution in [3.05, 3.63) is 59.8 Å². The largest absolute Gasteiger partial charge is 0.466 e. The van der Waals surface area contributed by atoms with Gasteiger partial charge in [0.1, 0.15) is 29.6 Å². The lowest BCUT2D eigenvalue weighted by molar-refractivity contribution is -0.154. The lowest BCUT2D eigenvalue weighted by Gasteiger charge is -2.25. The number of rotatable bonds is 4. The van der Waals surface area contributed by atoms with E-state index in [0.29, 0.717) is 17.1 Å². The summed E-state index contributed by atoms with van der Waals surface area (Å²) in [5, 5.41) is -0.358. The topological polar surface area (TPSA) is 59.8 Å². The molecule has 24 heavy (non-hydrogen) atoms. The molecule has 1 aliphatic heterocycles. The van der Waals surface area contributed by atoms with Crippen molar-refractivity contribution < 1.29 is 23.1 Å². The van der Waals surface area contributed by atoms with Crippen molar-refractivity contribution in [1.82, 2.24) is 4.90 Å². The molecule has 0 unspecified atom stereocenters. The van der Waals surface area contributed by atoms with E-state index in [0.717, 1.165) is 0 Å². The lowest BCUT2D eigenvalue weighted by Crippen LogP contribution is -2.42. The first-order valence-corrected chi connectivity index (χ1v) is 8.46. The predicted molar refractivity (Wildman–Crippen MR) is 86.4 cm³/mol. The number of furan rings is 1. The van der Waals surface area contributed by atoms with Crippen LogP contribution in [0.3, 0.4) is 0 Å². The van der Waals surface area contributed by atoms with E-state index in [1.165, 1.54) is 35.9 Å². The second-order valence-electron chi connectivity index (χ2n) is 5.34. The molecule has 2 atom stereocenters. The van der Waals surface area contributed by atoms with Crippen LogP contribution in [0, 0.1) is 5.82 Å². The fraction of sp³-hybridized carbons (Fsp3) is 0.294. The minimum absolute atomic E-state index is 0.163. The molecule has 0 aliphatic carbocycles. The van der Waals surface area contributed by atoms with Crippen LogP contribution in [0.2, 0.25) is 0 Å². The molecule has 0 saturated carbocycles. The highest BCUT2D eigenvalue weighted by Crippen LogP contribution is 2.41. The van der Waals surface area contributed by atoms with E-state index >= 15 is 0 Å². The van der Waals surface area contributed by atoms with Crippen LogP contribution in [0.4, 0.5) is 4.39 Å². The number of ether oxygens (including phenoxy) is 1. The smallest absolute Gasteiger partial charge is 0.330 e. The molecule has 0 bridgehead atoms. The Labute approximate surface area is 142 Å². The van der Waals surface area contributed by atoms with Gasteiger partial charge in [0.05, 0.1) is 6.26 Å². The minimum atomic E-state index is -0.714. The minimum Gasteiger partial charge on any atom is -0.466 e. The molecule has 1 fully saturated rings. The van der Waals surface area contributed by atoms with Crippen molar-refractivity contribution in [1.29, 1.82) is 0 Å². The molecule has 2 heterocycles.